The standard InChI is InChI=1S/C26H21ClN2O5S/c1-31-20-10-8-16(12-21(20)32-2)13-23(30)29-15-33-26(28-29)25-24(27)19-14-18(9-11-22(19)35-25)34-17-6-4-3-5-7-17/h3-12,14H,13,15H2,1-2H3. The van der Waals surface area contributed by atoms with Crippen molar-refractivity contribution in [2.75, 3.05) is 21.0 Å². The zero-order chi connectivity index (χ0) is 24.4. The molecule has 1 aliphatic heterocycles. The Labute approximate surface area is 211 Å². The number of ether oxygens (including phenoxy) is 4. The number of carbonyl (C=O) groups is 1. The smallest absolute Gasteiger partial charge is 0.252 e. The average Bonchev–Trinajstić information content (AvgIpc) is 3.50. The van der Waals surface area contributed by atoms with Crippen molar-refractivity contribution in [2.24, 2.45) is 5.10 Å². The normalized spacial score (nSPS) is 12.9. The molecule has 7 nitrogen and oxygen atoms in total. The molecule has 0 saturated heterocycles. The molecule has 178 valence electrons. The van der Waals surface area contributed by atoms with Crippen molar-refractivity contribution < 1.29 is 23.7 Å². The Morgan fingerprint density at radius 3 is 2.60 bits per heavy atom. The van der Waals surface area contributed by atoms with Gasteiger partial charge in [0.25, 0.3) is 5.90 Å². The van der Waals surface area contributed by atoms with Gasteiger partial charge in [-0.05, 0) is 48.0 Å². The number of hydrogen-bond acceptors (Lipinski definition) is 7. The summed E-state index contributed by atoms with van der Waals surface area (Å²) in [5, 5.41) is 7.04. The fraction of sp³-hybridized carbons (Fsp3) is 0.154. The second-order valence-electron chi connectivity index (χ2n) is 7.66. The maximum atomic E-state index is 12.8. The third-order valence-corrected chi connectivity index (χ3v) is 7.06. The topological polar surface area (TPSA) is 69.6 Å². The molecule has 0 bridgehead atoms. The fourth-order valence-corrected chi connectivity index (χ4v) is 5.08. The molecule has 35 heavy (non-hydrogen) atoms. The average molecular weight is 509 g/mol. The summed E-state index contributed by atoms with van der Waals surface area (Å²) in [7, 11) is 3.12. The van der Waals surface area contributed by atoms with Gasteiger partial charge in [-0.1, -0.05) is 35.9 Å². The molecule has 0 radical (unpaired) electrons. The van der Waals surface area contributed by atoms with E-state index in [1.54, 1.807) is 26.4 Å². The van der Waals surface area contributed by atoms with Gasteiger partial charge < -0.3 is 18.9 Å². The summed E-state index contributed by atoms with van der Waals surface area (Å²) in [6, 6.07) is 20.6. The Balaban J connectivity index is 1.34. The number of benzene rings is 3. The minimum absolute atomic E-state index is 0.0222. The molecular weight excluding hydrogens is 488 g/mol. The maximum Gasteiger partial charge on any atom is 0.252 e. The maximum absolute atomic E-state index is 12.8. The summed E-state index contributed by atoms with van der Waals surface area (Å²) in [5.74, 6) is 2.70. The number of thiophene rings is 1. The van der Waals surface area contributed by atoms with Crippen LogP contribution in [0, 0.1) is 0 Å². The molecular formula is C26H21ClN2O5S. The van der Waals surface area contributed by atoms with E-state index < -0.39 is 0 Å². The van der Waals surface area contributed by atoms with Crippen LogP contribution in [0.5, 0.6) is 23.0 Å². The quantitative estimate of drug-likeness (QED) is 0.302. The largest absolute Gasteiger partial charge is 0.493 e. The number of methoxy groups -OCH3 is 2. The second-order valence-corrected chi connectivity index (χ2v) is 9.09. The van der Waals surface area contributed by atoms with Gasteiger partial charge in [-0.15, -0.1) is 16.4 Å². The molecule has 4 aromatic rings. The van der Waals surface area contributed by atoms with Crippen LogP contribution in [0.3, 0.4) is 0 Å². The highest BCUT2D eigenvalue weighted by molar-refractivity contribution is 7.21. The van der Waals surface area contributed by atoms with Gasteiger partial charge in [-0.3, -0.25) is 4.79 Å². The third kappa shape index (κ3) is 4.76. The second kappa shape index (κ2) is 9.85. The van der Waals surface area contributed by atoms with Crippen molar-refractivity contribution in [3.05, 3.63) is 82.2 Å². The SMILES string of the molecule is COc1ccc(CC(=O)N2COC(c3sc4ccc(Oc5ccccc5)cc4c3Cl)=N2)cc1OC. The van der Waals surface area contributed by atoms with E-state index in [0.717, 1.165) is 21.4 Å². The predicted octanol–water partition coefficient (Wildman–Crippen LogP) is 6.08. The first-order valence-corrected chi connectivity index (χ1v) is 11.9. The lowest BCUT2D eigenvalue weighted by atomic mass is 10.1. The van der Waals surface area contributed by atoms with Crippen LogP contribution in [0.2, 0.25) is 5.02 Å². The molecule has 0 N–H and O–H groups in total. The van der Waals surface area contributed by atoms with Crippen molar-refractivity contribution >= 4 is 44.8 Å². The molecule has 1 aliphatic rings. The molecule has 0 atom stereocenters. The minimum Gasteiger partial charge on any atom is -0.493 e. The molecule has 2 heterocycles. The minimum atomic E-state index is -0.206. The van der Waals surface area contributed by atoms with Gasteiger partial charge in [0.05, 0.1) is 25.7 Å². The van der Waals surface area contributed by atoms with E-state index in [1.807, 2.05) is 54.6 Å². The first-order valence-electron chi connectivity index (χ1n) is 10.7. The van der Waals surface area contributed by atoms with Crippen molar-refractivity contribution in [1.29, 1.82) is 0 Å². The van der Waals surface area contributed by atoms with Crippen LogP contribution in [0.4, 0.5) is 0 Å². The molecule has 0 unspecified atom stereocenters. The first kappa shape index (κ1) is 23.0. The van der Waals surface area contributed by atoms with Crippen LogP contribution in [0.15, 0.2) is 71.8 Å². The summed E-state index contributed by atoms with van der Waals surface area (Å²) in [6.45, 7) is 0.0222. The van der Waals surface area contributed by atoms with Crippen LogP contribution in [0.1, 0.15) is 10.4 Å². The number of nitrogens with zero attached hydrogens (tertiary/aromatic N) is 2. The van der Waals surface area contributed by atoms with Crippen molar-refractivity contribution in [3.8, 4) is 23.0 Å². The van der Waals surface area contributed by atoms with Gasteiger partial charge in [0.2, 0.25) is 5.91 Å². The third-order valence-electron chi connectivity index (χ3n) is 5.40. The van der Waals surface area contributed by atoms with Gasteiger partial charge in [0.1, 0.15) is 16.4 Å². The van der Waals surface area contributed by atoms with Crippen LogP contribution >= 0.6 is 22.9 Å². The Kier molecular flexibility index (Phi) is 6.48. The molecule has 0 aliphatic carbocycles. The Morgan fingerprint density at radius 1 is 1.03 bits per heavy atom. The number of amides is 1. The number of carbonyl (C=O) groups excluding carboxylic acids is 1. The van der Waals surface area contributed by atoms with Gasteiger partial charge in [0.15, 0.2) is 18.2 Å². The summed E-state index contributed by atoms with van der Waals surface area (Å²) in [6.07, 6.45) is 0.140. The van der Waals surface area contributed by atoms with Crippen LogP contribution < -0.4 is 14.2 Å². The number of hydrogen-bond donors (Lipinski definition) is 0. The van der Waals surface area contributed by atoms with Crippen LogP contribution in [0.25, 0.3) is 10.1 Å². The van der Waals surface area contributed by atoms with Gasteiger partial charge >= 0.3 is 0 Å². The Hall–Kier alpha value is -3.75. The molecule has 1 aromatic heterocycles. The zero-order valence-electron chi connectivity index (χ0n) is 19.0. The van der Waals surface area contributed by atoms with Crippen molar-refractivity contribution in [2.45, 2.75) is 6.42 Å². The molecule has 0 saturated carbocycles. The summed E-state index contributed by atoms with van der Waals surface area (Å²) in [5.41, 5.74) is 0.780. The summed E-state index contributed by atoms with van der Waals surface area (Å²) < 4.78 is 23.2. The fourth-order valence-electron chi connectivity index (χ4n) is 3.66. The number of hydrazone groups is 1. The van der Waals surface area contributed by atoms with E-state index in [2.05, 4.69) is 5.10 Å². The lowest BCUT2D eigenvalue weighted by Gasteiger charge is -2.11. The highest BCUT2D eigenvalue weighted by Gasteiger charge is 2.27. The first-order chi connectivity index (χ1) is 17.1. The molecule has 9 heteroatoms. The van der Waals surface area contributed by atoms with Crippen LogP contribution in [-0.2, 0) is 16.0 Å². The molecule has 0 fully saturated rings. The Morgan fingerprint density at radius 2 is 1.83 bits per heavy atom. The lowest BCUT2D eigenvalue weighted by molar-refractivity contribution is -0.132. The highest BCUT2D eigenvalue weighted by Crippen LogP contribution is 2.39. The van der Waals surface area contributed by atoms with Crippen molar-refractivity contribution in [1.82, 2.24) is 5.01 Å². The monoisotopic (exact) mass is 508 g/mol. The number of halogens is 1. The predicted molar refractivity (Wildman–Crippen MR) is 136 cm³/mol. The molecule has 1 amide bonds. The highest BCUT2D eigenvalue weighted by atomic mass is 35.5. The zero-order valence-corrected chi connectivity index (χ0v) is 20.6. The van der Waals surface area contributed by atoms with E-state index >= 15 is 0 Å². The number of rotatable bonds is 7. The van der Waals surface area contributed by atoms with E-state index in [-0.39, 0.29) is 19.1 Å². The molecule has 3 aromatic carbocycles. The van der Waals surface area contributed by atoms with E-state index in [1.165, 1.54) is 16.3 Å². The number of fused-ring (bicyclic) bond motifs is 1. The van der Waals surface area contributed by atoms with Crippen LogP contribution in [-0.4, -0.2) is 37.8 Å². The van der Waals surface area contributed by atoms with Gasteiger partial charge in [-0.2, -0.15) is 5.01 Å². The van der Waals surface area contributed by atoms with Gasteiger partial charge in [0, 0.05) is 10.1 Å². The molecule has 0 spiro atoms. The van der Waals surface area contributed by atoms with Crippen molar-refractivity contribution in [3.63, 3.8) is 0 Å². The Bertz CT molecular complexity index is 1420. The summed E-state index contributed by atoms with van der Waals surface area (Å²) >= 11 is 8.15. The van der Waals surface area contributed by atoms with Gasteiger partial charge in [-0.25, -0.2) is 0 Å². The summed E-state index contributed by atoms with van der Waals surface area (Å²) in [4.78, 5) is 13.5. The van der Waals surface area contributed by atoms with E-state index in [0.29, 0.717) is 33.0 Å². The lowest BCUT2D eigenvalue weighted by Crippen LogP contribution is -2.25. The number of para-hydroxylation sites is 1. The molecule has 5 rings (SSSR count). The van der Waals surface area contributed by atoms with E-state index in [4.69, 9.17) is 30.5 Å². The van der Waals surface area contributed by atoms with E-state index in [9.17, 15) is 4.79 Å².